The van der Waals surface area contributed by atoms with Gasteiger partial charge in [0.15, 0.2) is 16.7 Å². The van der Waals surface area contributed by atoms with Gasteiger partial charge in [-0.1, -0.05) is 17.8 Å². The number of aromatic nitrogens is 2. The van der Waals surface area contributed by atoms with Crippen LogP contribution in [0.5, 0.6) is 11.5 Å². The highest BCUT2D eigenvalue weighted by Crippen LogP contribution is 2.28. The molecule has 6 nitrogen and oxygen atoms in total. The first-order chi connectivity index (χ1) is 14.1. The largest absolute Gasteiger partial charge is 0.493 e. The third kappa shape index (κ3) is 6.07. The predicted molar refractivity (Wildman–Crippen MR) is 118 cm³/mol. The van der Waals surface area contributed by atoms with Gasteiger partial charge in [-0.2, -0.15) is 0 Å². The predicted octanol–water partition coefficient (Wildman–Crippen LogP) is 3.35. The summed E-state index contributed by atoms with van der Waals surface area (Å²) in [6.45, 7) is 4.19. The molecule has 1 aromatic carbocycles. The highest BCUT2D eigenvalue weighted by molar-refractivity contribution is 7.98. The summed E-state index contributed by atoms with van der Waals surface area (Å²) in [5, 5.41) is 0.833. The Balaban J connectivity index is 1.51. The van der Waals surface area contributed by atoms with Gasteiger partial charge in [0.1, 0.15) is 0 Å². The quantitative estimate of drug-likeness (QED) is 0.459. The van der Waals surface area contributed by atoms with E-state index in [1.807, 2.05) is 24.7 Å². The van der Waals surface area contributed by atoms with E-state index in [9.17, 15) is 0 Å². The smallest absolute Gasteiger partial charge is 0.187 e. The Labute approximate surface area is 178 Å². The van der Waals surface area contributed by atoms with Gasteiger partial charge in [0, 0.05) is 43.6 Å². The molecule has 1 atom stereocenters. The van der Waals surface area contributed by atoms with Crippen molar-refractivity contribution < 1.29 is 9.47 Å². The van der Waals surface area contributed by atoms with Gasteiger partial charge in [-0.3, -0.25) is 4.90 Å². The summed E-state index contributed by atoms with van der Waals surface area (Å²) in [4.78, 5) is 13.8. The number of hydrogen-bond donors (Lipinski definition) is 0. The second-order valence-corrected chi connectivity index (χ2v) is 8.30. The average Bonchev–Trinajstić information content (AvgIpc) is 2.78. The van der Waals surface area contributed by atoms with E-state index in [0.717, 1.165) is 49.3 Å². The van der Waals surface area contributed by atoms with Crippen LogP contribution < -0.4 is 9.47 Å². The normalized spacial score (nSPS) is 17.5. The van der Waals surface area contributed by atoms with Gasteiger partial charge in [-0.15, -0.1) is 0 Å². The summed E-state index contributed by atoms with van der Waals surface area (Å²) in [6.07, 6.45) is 9.40. The van der Waals surface area contributed by atoms with Crippen molar-refractivity contribution in [2.45, 2.75) is 37.0 Å². The van der Waals surface area contributed by atoms with E-state index in [1.54, 1.807) is 26.0 Å². The van der Waals surface area contributed by atoms with Crippen molar-refractivity contribution in [2.75, 3.05) is 47.2 Å². The molecular formula is C22H32N4O2S. The number of nitrogens with zero attached hydrogens (tertiary/aromatic N) is 4. The van der Waals surface area contributed by atoms with Gasteiger partial charge in [-0.25, -0.2) is 9.97 Å². The molecule has 1 saturated heterocycles. The Bertz CT molecular complexity index is 772. The molecule has 7 heteroatoms. The van der Waals surface area contributed by atoms with E-state index < -0.39 is 0 Å². The zero-order valence-corrected chi connectivity index (χ0v) is 18.7. The fraction of sp³-hybridized carbons (Fsp3) is 0.545. The number of thioether (sulfide) groups is 1. The Morgan fingerprint density at radius 2 is 1.90 bits per heavy atom. The van der Waals surface area contributed by atoms with E-state index in [2.05, 4.69) is 38.9 Å². The van der Waals surface area contributed by atoms with Crippen LogP contribution in [0.25, 0.3) is 0 Å². The first-order valence-corrected chi connectivity index (χ1v) is 11.3. The average molecular weight is 417 g/mol. The molecule has 1 aliphatic rings. The zero-order chi connectivity index (χ0) is 20.6. The standard InChI is InChI=1S/C22H32N4O2S/c1-25(11-9-17-7-8-20(27-2)21(12-17)28-3)19-6-5-10-26(16-19)15-18-13-23-22(29-4)24-14-18/h7-8,12-14,19H,5-6,9-11,15-16H2,1-4H3/t19-/m0/s1. The lowest BCUT2D eigenvalue weighted by molar-refractivity contribution is 0.112. The summed E-state index contributed by atoms with van der Waals surface area (Å²) in [6, 6.07) is 6.77. The zero-order valence-electron chi connectivity index (χ0n) is 17.9. The molecule has 0 unspecified atom stereocenters. The third-order valence-electron chi connectivity index (χ3n) is 5.58. The highest BCUT2D eigenvalue weighted by Gasteiger charge is 2.23. The number of methoxy groups -OCH3 is 2. The molecule has 2 heterocycles. The maximum absolute atomic E-state index is 5.43. The van der Waals surface area contributed by atoms with Crippen LogP contribution in [0.15, 0.2) is 35.7 Å². The lowest BCUT2D eigenvalue weighted by atomic mass is 10.0. The minimum atomic E-state index is 0.579. The second kappa shape index (κ2) is 10.8. The molecule has 1 fully saturated rings. The Kier molecular flexibility index (Phi) is 8.15. The Morgan fingerprint density at radius 3 is 2.59 bits per heavy atom. The number of piperidine rings is 1. The van der Waals surface area contributed by atoms with Crippen molar-refractivity contribution in [1.82, 2.24) is 19.8 Å². The summed E-state index contributed by atoms with van der Waals surface area (Å²) >= 11 is 1.58. The molecule has 0 spiro atoms. The fourth-order valence-corrected chi connectivity index (χ4v) is 4.16. The lowest BCUT2D eigenvalue weighted by Crippen LogP contribution is -2.46. The molecule has 1 aromatic heterocycles. The van der Waals surface area contributed by atoms with Crippen molar-refractivity contribution in [3.63, 3.8) is 0 Å². The molecular weight excluding hydrogens is 384 g/mol. The van der Waals surface area contributed by atoms with Crippen LogP contribution in [0.4, 0.5) is 0 Å². The SMILES string of the molecule is COc1ccc(CCN(C)[C@H]2CCCN(Cc3cnc(SC)nc3)C2)cc1OC. The summed E-state index contributed by atoms with van der Waals surface area (Å²) in [5.74, 6) is 1.58. The van der Waals surface area contributed by atoms with Gasteiger partial charge in [0.25, 0.3) is 0 Å². The van der Waals surface area contributed by atoms with Gasteiger partial charge in [0.05, 0.1) is 14.2 Å². The van der Waals surface area contributed by atoms with E-state index in [0.29, 0.717) is 6.04 Å². The molecule has 0 saturated carbocycles. The highest BCUT2D eigenvalue weighted by atomic mass is 32.2. The molecule has 158 valence electrons. The van der Waals surface area contributed by atoms with Crippen molar-refractivity contribution in [3.05, 3.63) is 41.7 Å². The molecule has 0 bridgehead atoms. The molecule has 0 N–H and O–H groups in total. The summed E-state index contributed by atoms with van der Waals surface area (Å²) in [5.41, 5.74) is 2.46. The number of benzene rings is 1. The van der Waals surface area contributed by atoms with E-state index in [4.69, 9.17) is 9.47 Å². The Hall–Kier alpha value is -1.83. The van der Waals surface area contributed by atoms with Crippen molar-refractivity contribution in [3.8, 4) is 11.5 Å². The summed E-state index contributed by atoms with van der Waals surface area (Å²) < 4.78 is 10.8. The number of likely N-dealkylation sites (tertiary alicyclic amines) is 1. The minimum absolute atomic E-state index is 0.579. The molecule has 0 aliphatic carbocycles. The number of rotatable bonds is 9. The Morgan fingerprint density at radius 1 is 1.14 bits per heavy atom. The second-order valence-electron chi connectivity index (χ2n) is 7.53. The molecule has 3 rings (SSSR count). The minimum Gasteiger partial charge on any atom is -0.493 e. The monoisotopic (exact) mass is 416 g/mol. The lowest BCUT2D eigenvalue weighted by Gasteiger charge is -2.37. The van der Waals surface area contributed by atoms with Gasteiger partial charge >= 0.3 is 0 Å². The van der Waals surface area contributed by atoms with Crippen molar-refractivity contribution in [1.29, 1.82) is 0 Å². The van der Waals surface area contributed by atoms with Crippen LogP contribution in [0.2, 0.25) is 0 Å². The number of ether oxygens (including phenoxy) is 2. The first-order valence-electron chi connectivity index (χ1n) is 10.1. The van der Waals surface area contributed by atoms with E-state index >= 15 is 0 Å². The van der Waals surface area contributed by atoms with Gasteiger partial charge < -0.3 is 14.4 Å². The molecule has 1 aliphatic heterocycles. The molecule has 2 aromatic rings. The van der Waals surface area contributed by atoms with Crippen molar-refractivity contribution in [2.24, 2.45) is 0 Å². The van der Waals surface area contributed by atoms with Crippen LogP contribution in [0.3, 0.4) is 0 Å². The number of likely N-dealkylation sites (N-methyl/N-ethyl adjacent to an activating group) is 1. The van der Waals surface area contributed by atoms with Crippen LogP contribution in [-0.4, -0.2) is 73.0 Å². The van der Waals surface area contributed by atoms with Crippen molar-refractivity contribution >= 4 is 11.8 Å². The maximum atomic E-state index is 5.43. The molecule has 0 amide bonds. The maximum Gasteiger partial charge on any atom is 0.187 e. The van der Waals surface area contributed by atoms with E-state index in [1.165, 1.54) is 24.0 Å². The molecule has 0 radical (unpaired) electrons. The fourth-order valence-electron chi connectivity index (χ4n) is 3.85. The van der Waals surface area contributed by atoms with E-state index in [-0.39, 0.29) is 0 Å². The third-order valence-corrected chi connectivity index (χ3v) is 6.15. The number of hydrogen-bond acceptors (Lipinski definition) is 7. The topological polar surface area (TPSA) is 50.7 Å². The van der Waals surface area contributed by atoms with Crippen LogP contribution in [-0.2, 0) is 13.0 Å². The van der Waals surface area contributed by atoms with Crippen LogP contribution in [0, 0.1) is 0 Å². The summed E-state index contributed by atoms with van der Waals surface area (Å²) in [7, 11) is 5.60. The molecule has 29 heavy (non-hydrogen) atoms. The van der Waals surface area contributed by atoms with Gasteiger partial charge in [0.2, 0.25) is 0 Å². The van der Waals surface area contributed by atoms with Crippen LogP contribution >= 0.6 is 11.8 Å². The van der Waals surface area contributed by atoms with Gasteiger partial charge in [-0.05, 0) is 56.8 Å². The first kappa shape index (κ1) is 21.9. The van der Waals surface area contributed by atoms with Crippen LogP contribution in [0.1, 0.15) is 24.0 Å².